The topological polar surface area (TPSA) is 49.3 Å². The van der Waals surface area contributed by atoms with E-state index in [-0.39, 0.29) is 11.7 Å². The molecule has 0 spiro atoms. The van der Waals surface area contributed by atoms with Crippen LogP contribution in [0.4, 0.5) is 0 Å². The lowest BCUT2D eigenvalue weighted by Crippen LogP contribution is -2.25. The molecular formula is C9H9ClINO2. The lowest BCUT2D eigenvalue weighted by molar-refractivity contribution is 0.0956. The Labute approximate surface area is 101 Å². The first-order valence-electron chi connectivity index (χ1n) is 3.98. The van der Waals surface area contributed by atoms with Gasteiger partial charge in [-0.1, -0.05) is 34.2 Å². The van der Waals surface area contributed by atoms with E-state index >= 15 is 0 Å². The summed E-state index contributed by atoms with van der Waals surface area (Å²) in [4.78, 5) is 11.5. The number of phenols is 1. The number of carbonyl (C=O) groups excluding carboxylic acids is 1. The molecule has 1 rings (SSSR count). The van der Waals surface area contributed by atoms with Crippen molar-refractivity contribution < 1.29 is 9.90 Å². The van der Waals surface area contributed by atoms with Crippen molar-refractivity contribution in [2.75, 3.05) is 11.0 Å². The van der Waals surface area contributed by atoms with Gasteiger partial charge in [0.2, 0.25) is 0 Å². The van der Waals surface area contributed by atoms with Crippen molar-refractivity contribution in [2.45, 2.75) is 0 Å². The zero-order chi connectivity index (χ0) is 10.6. The van der Waals surface area contributed by atoms with Crippen LogP contribution in [0, 0.1) is 0 Å². The minimum Gasteiger partial charge on any atom is -0.508 e. The molecule has 0 aliphatic rings. The first-order valence-corrected chi connectivity index (χ1v) is 5.88. The molecule has 0 fully saturated rings. The molecule has 0 unspecified atom stereocenters. The van der Waals surface area contributed by atoms with Gasteiger partial charge in [-0.25, -0.2) is 0 Å². The third-order valence-corrected chi connectivity index (χ3v) is 2.44. The Morgan fingerprint density at radius 1 is 1.57 bits per heavy atom. The maximum Gasteiger partial charge on any atom is 0.252 e. The van der Waals surface area contributed by atoms with Gasteiger partial charge in [-0.05, 0) is 18.2 Å². The number of nitrogens with one attached hydrogen (secondary N) is 1. The molecule has 2 N–H and O–H groups in total. The first-order chi connectivity index (χ1) is 6.65. The molecule has 14 heavy (non-hydrogen) atoms. The van der Waals surface area contributed by atoms with E-state index in [1.54, 1.807) is 0 Å². The van der Waals surface area contributed by atoms with Gasteiger partial charge in [-0.2, -0.15) is 0 Å². The fourth-order valence-electron chi connectivity index (χ4n) is 0.943. The molecule has 1 aromatic carbocycles. The van der Waals surface area contributed by atoms with Crippen molar-refractivity contribution in [1.29, 1.82) is 0 Å². The van der Waals surface area contributed by atoms with Gasteiger partial charge in [-0.15, -0.1) is 0 Å². The third kappa shape index (κ3) is 3.02. The Morgan fingerprint density at radius 2 is 2.29 bits per heavy atom. The molecule has 1 amide bonds. The summed E-state index contributed by atoms with van der Waals surface area (Å²) in [7, 11) is 0. The monoisotopic (exact) mass is 325 g/mol. The predicted octanol–water partition coefficient (Wildman–Crippen LogP) is 2.21. The summed E-state index contributed by atoms with van der Waals surface area (Å²) in [5.41, 5.74) is 0.302. The van der Waals surface area contributed by atoms with E-state index in [9.17, 15) is 9.90 Å². The molecule has 0 heterocycles. The summed E-state index contributed by atoms with van der Waals surface area (Å²) in [5.74, 6) is -0.225. The lowest BCUT2D eigenvalue weighted by Gasteiger charge is -2.05. The largest absolute Gasteiger partial charge is 0.508 e. The average Bonchev–Trinajstić information content (AvgIpc) is 2.18. The molecule has 3 nitrogen and oxygen atoms in total. The number of carbonyl (C=O) groups is 1. The smallest absolute Gasteiger partial charge is 0.252 e. The Morgan fingerprint density at radius 3 is 2.93 bits per heavy atom. The quantitative estimate of drug-likeness (QED) is 0.661. The van der Waals surface area contributed by atoms with Crippen LogP contribution in [0.5, 0.6) is 5.75 Å². The number of amides is 1. The molecule has 0 saturated carbocycles. The molecular weight excluding hydrogens is 316 g/mol. The van der Waals surface area contributed by atoms with Gasteiger partial charge in [0.1, 0.15) is 5.75 Å². The molecule has 0 atom stereocenters. The Bertz CT molecular complexity index is 344. The Balaban J connectivity index is 2.83. The van der Waals surface area contributed by atoms with Crippen molar-refractivity contribution >= 4 is 40.1 Å². The molecule has 0 aliphatic carbocycles. The summed E-state index contributed by atoms with van der Waals surface area (Å²) in [6.07, 6.45) is 0. The number of benzene rings is 1. The number of phenolic OH excluding ortho intramolecular Hbond substituents is 1. The summed E-state index contributed by atoms with van der Waals surface area (Å²) in [5, 5.41) is 12.2. The highest BCUT2D eigenvalue weighted by molar-refractivity contribution is 14.1. The minimum absolute atomic E-state index is 0.0361. The number of rotatable bonds is 3. The molecule has 0 aliphatic heterocycles. The van der Waals surface area contributed by atoms with Crippen LogP contribution in [-0.4, -0.2) is 22.0 Å². The second-order valence-electron chi connectivity index (χ2n) is 2.61. The van der Waals surface area contributed by atoms with Crippen molar-refractivity contribution in [3.63, 3.8) is 0 Å². The summed E-state index contributed by atoms with van der Waals surface area (Å²) < 4.78 is 0.833. The highest BCUT2D eigenvalue weighted by Crippen LogP contribution is 2.20. The highest BCUT2D eigenvalue weighted by atomic mass is 127. The van der Waals surface area contributed by atoms with Crippen molar-refractivity contribution in [3.8, 4) is 5.75 Å². The molecule has 0 radical (unpaired) electrons. The van der Waals surface area contributed by atoms with Gasteiger partial charge in [-0.3, -0.25) is 4.79 Å². The second-order valence-corrected chi connectivity index (χ2v) is 4.09. The van der Waals surface area contributed by atoms with Crippen molar-refractivity contribution in [3.05, 3.63) is 28.8 Å². The zero-order valence-corrected chi connectivity index (χ0v) is 10.2. The van der Waals surface area contributed by atoms with Gasteiger partial charge in [0.25, 0.3) is 5.91 Å². The number of aromatic hydroxyl groups is 1. The van der Waals surface area contributed by atoms with Crippen LogP contribution in [0.15, 0.2) is 18.2 Å². The molecule has 76 valence electrons. The number of hydrogen-bond donors (Lipinski definition) is 2. The molecule has 1 aromatic rings. The van der Waals surface area contributed by atoms with E-state index in [2.05, 4.69) is 27.9 Å². The third-order valence-electron chi connectivity index (χ3n) is 1.57. The van der Waals surface area contributed by atoms with E-state index in [1.807, 2.05) is 0 Å². The molecule has 0 saturated heterocycles. The van der Waals surface area contributed by atoms with Crippen LogP contribution in [0.25, 0.3) is 0 Å². The molecule has 0 bridgehead atoms. The standard InChI is InChI=1S/C9H9ClINO2/c10-8-2-1-6(13)5-7(8)9(14)12-4-3-11/h1-2,5,13H,3-4H2,(H,12,14). The van der Waals surface area contributed by atoms with E-state index in [0.29, 0.717) is 17.1 Å². The molecule has 0 aromatic heterocycles. The first kappa shape index (κ1) is 11.6. The van der Waals surface area contributed by atoms with Crippen LogP contribution in [-0.2, 0) is 0 Å². The van der Waals surface area contributed by atoms with E-state index in [1.165, 1.54) is 18.2 Å². The average molecular weight is 326 g/mol. The summed E-state index contributed by atoms with van der Waals surface area (Å²) >= 11 is 7.95. The SMILES string of the molecule is O=C(NCCI)c1cc(O)ccc1Cl. The van der Waals surface area contributed by atoms with Crippen molar-refractivity contribution in [1.82, 2.24) is 5.32 Å². The maximum atomic E-state index is 11.5. The second kappa shape index (κ2) is 5.41. The Hall–Kier alpha value is -0.490. The predicted molar refractivity (Wildman–Crippen MR) is 64.3 cm³/mol. The zero-order valence-electron chi connectivity index (χ0n) is 7.26. The summed E-state index contributed by atoms with van der Waals surface area (Å²) in [6.45, 7) is 0.589. The normalized spacial score (nSPS) is 9.86. The van der Waals surface area contributed by atoms with Crippen molar-refractivity contribution in [2.24, 2.45) is 0 Å². The molecule has 5 heteroatoms. The highest BCUT2D eigenvalue weighted by Gasteiger charge is 2.09. The fourth-order valence-corrected chi connectivity index (χ4v) is 1.42. The van der Waals surface area contributed by atoms with Gasteiger partial charge in [0.05, 0.1) is 10.6 Å². The fraction of sp³-hybridized carbons (Fsp3) is 0.222. The van der Waals surface area contributed by atoms with Gasteiger partial charge < -0.3 is 10.4 Å². The van der Waals surface area contributed by atoms with E-state index in [0.717, 1.165) is 4.43 Å². The van der Waals surface area contributed by atoms with Crippen LogP contribution < -0.4 is 5.32 Å². The van der Waals surface area contributed by atoms with E-state index < -0.39 is 0 Å². The maximum absolute atomic E-state index is 11.5. The van der Waals surface area contributed by atoms with Crippen LogP contribution in [0.2, 0.25) is 5.02 Å². The number of alkyl halides is 1. The van der Waals surface area contributed by atoms with Crippen LogP contribution in [0.3, 0.4) is 0 Å². The van der Waals surface area contributed by atoms with Crippen LogP contribution in [0.1, 0.15) is 10.4 Å². The number of hydrogen-bond acceptors (Lipinski definition) is 2. The van der Waals surface area contributed by atoms with Gasteiger partial charge in [0.15, 0.2) is 0 Å². The lowest BCUT2D eigenvalue weighted by atomic mass is 10.2. The van der Waals surface area contributed by atoms with Crippen LogP contribution >= 0.6 is 34.2 Å². The van der Waals surface area contributed by atoms with E-state index in [4.69, 9.17) is 11.6 Å². The van der Waals surface area contributed by atoms with Gasteiger partial charge >= 0.3 is 0 Å². The Kier molecular flexibility index (Phi) is 4.47. The van der Waals surface area contributed by atoms with Gasteiger partial charge in [0, 0.05) is 11.0 Å². The number of halogens is 2. The summed E-state index contributed by atoms with van der Waals surface area (Å²) in [6, 6.07) is 4.29. The minimum atomic E-state index is -0.262.